The lowest BCUT2D eigenvalue weighted by atomic mass is 10.1. The van der Waals surface area contributed by atoms with Gasteiger partial charge in [-0.15, -0.1) is 11.3 Å². The van der Waals surface area contributed by atoms with Crippen LogP contribution in [0.15, 0.2) is 47.8 Å². The number of hydrogen-bond acceptors (Lipinski definition) is 5. The van der Waals surface area contributed by atoms with Crippen molar-refractivity contribution in [3.63, 3.8) is 0 Å². The molecule has 0 fully saturated rings. The van der Waals surface area contributed by atoms with Crippen LogP contribution in [-0.2, 0) is 0 Å². The van der Waals surface area contributed by atoms with Crippen molar-refractivity contribution in [1.29, 1.82) is 0 Å². The molecule has 0 aliphatic rings. The van der Waals surface area contributed by atoms with E-state index in [1.807, 2.05) is 30.3 Å². The monoisotopic (exact) mass is 369 g/mol. The van der Waals surface area contributed by atoms with Gasteiger partial charge < -0.3 is 10.1 Å². The number of hydrogen-bond donors (Lipinski definition) is 2. The lowest BCUT2D eigenvalue weighted by molar-refractivity contribution is 0.0858. The number of benzene rings is 2. The van der Waals surface area contributed by atoms with Gasteiger partial charge in [0.1, 0.15) is 10.8 Å². The minimum atomic E-state index is -0.325. The third-order valence-electron chi connectivity index (χ3n) is 3.77. The Labute approximate surface area is 155 Å². The number of methoxy groups -OCH3 is 1. The maximum Gasteiger partial charge on any atom is 0.268 e. The van der Waals surface area contributed by atoms with Gasteiger partial charge in [0.15, 0.2) is 0 Å². The highest BCUT2D eigenvalue weighted by molar-refractivity contribution is 7.14. The fourth-order valence-electron chi connectivity index (χ4n) is 2.58. The summed E-state index contributed by atoms with van der Waals surface area (Å²) in [5, 5.41) is 8.56. The van der Waals surface area contributed by atoms with Gasteiger partial charge in [0.25, 0.3) is 11.8 Å². The van der Waals surface area contributed by atoms with E-state index in [-0.39, 0.29) is 11.8 Å². The molecule has 3 aromatic rings. The highest BCUT2D eigenvalue weighted by Gasteiger charge is 2.19. The Balaban J connectivity index is 1.91. The molecule has 7 heteroatoms. The summed E-state index contributed by atoms with van der Waals surface area (Å²) < 4.78 is 5.38. The molecule has 3 rings (SSSR count). The average Bonchev–Trinajstić information content (AvgIpc) is 3.08. The number of nitrogens with one attached hydrogen (secondary N) is 2. The molecule has 134 valence electrons. The molecular formula is C19H19N3O3S. The Kier molecular flexibility index (Phi) is 5.20. The molecule has 0 spiro atoms. The summed E-state index contributed by atoms with van der Waals surface area (Å²) in [6.07, 6.45) is 0. The van der Waals surface area contributed by atoms with Crippen molar-refractivity contribution < 1.29 is 14.3 Å². The van der Waals surface area contributed by atoms with E-state index < -0.39 is 0 Å². The van der Waals surface area contributed by atoms with Gasteiger partial charge in [0.2, 0.25) is 0 Å². The average molecular weight is 369 g/mol. The molecule has 26 heavy (non-hydrogen) atoms. The lowest BCUT2D eigenvalue weighted by Crippen LogP contribution is -2.36. The molecule has 0 saturated carbocycles. The van der Waals surface area contributed by atoms with Crippen molar-refractivity contribution in [2.75, 3.05) is 26.5 Å². The minimum Gasteiger partial charge on any atom is -0.496 e. The summed E-state index contributed by atoms with van der Waals surface area (Å²) in [6.45, 7) is 0. The molecule has 0 radical (unpaired) electrons. The molecule has 0 bridgehead atoms. The Hall–Kier alpha value is -2.90. The minimum absolute atomic E-state index is 0.281. The molecule has 0 saturated heterocycles. The molecular weight excluding hydrogens is 350 g/mol. The van der Waals surface area contributed by atoms with Crippen LogP contribution in [0.25, 0.3) is 10.8 Å². The predicted octanol–water partition coefficient (Wildman–Crippen LogP) is 3.37. The normalized spacial score (nSPS) is 10.8. The van der Waals surface area contributed by atoms with Crippen molar-refractivity contribution in [2.24, 2.45) is 0 Å². The van der Waals surface area contributed by atoms with Crippen LogP contribution in [0.5, 0.6) is 5.75 Å². The van der Waals surface area contributed by atoms with Crippen LogP contribution in [0.1, 0.15) is 20.7 Å². The maximum atomic E-state index is 12.8. The SMILES string of the molecule is COc1cc2ccccc2cc1C(=O)Nc1sccc1C(=O)NN(C)C. The maximum absolute atomic E-state index is 12.8. The zero-order valence-corrected chi connectivity index (χ0v) is 15.5. The predicted molar refractivity (Wildman–Crippen MR) is 104 cm³/mol. The zero-order valence-electron chi connectivity index (χ0n) is 14.7. The van der Waals surface area contributed by atoms with E-state index in [0.29, 0.717) is 21.9 Å². The zero-order chi connectivity index (χ0) is 18.7. The Morgan fingerprint density at radius 3 is 2.35 bits per heavy atom. The molecule has 0 aliphatic carbocycles. The standard InChI is InChI=1S/C19H19N3O3S/c1-22(2)21-18(24)14-8-9-26-19(14)20-17(23)15-10-12-6-4-5-7-13(12)11-16(15)25-3/h4-11H,1-3H3,(H,20,23)(H,21,24). The Morgan fingerprint density at radius 1 is 1.00 bits per heavy atom. The number of anilines is 1. The first-order chi connectivity index (χ1) is 12.5. The highest BCUT2D eigenvalue weighted by Crippen LogP contribution is 2.29. The fourth-order valence-corrected chi connectivity index (χ4v) is 3.36. The number of rotatable bonds is 5. The molecule has 6 nitrogen and oxygen atoms in total. The Morgan fingerprint density at radius 2 is 1.69 bits per heavy atom. The van der Waals surface area contributed by atoms with Crippen molar-refractivity contribution >= 4 is 38.9 Å². The van der Waals surface area contributed by atoms with E-state index in [9.17, 15) is 9.59 Å². The van der Waals surface area contributed by atoms with Gasteiger partial charge in [-0.25, -0.2) is 5.01 Å². The van der Waals surface area contributed by atoms with Gasteiger partial charge in [-0.2, -0.15) is 0 Å². The Bertz CT molecular complexity index is 966. The number of hydrazine groups is 1. The van der Waals surface area contributed by atoms with Gasteiger partial charge >= 0.3 is 0 Å². The summed E-state index contributed by atoms with van der Waals surface area (Å²) in [5.74, 6) is -0.122. The summed E-state index contributed by atoms with van der Waals surface area (Å²) in [4.78, 5) is 25.0. The second kappa shape index (κ2) is 7.55. The summed E-state index contributed by atoms with van der Waals surface area (Å²) in [7, 11) is 4.98. The first kappa shape index (κ1) is 17.9. The topological polar surface area (TPSA) is 70.7 Å². The number of nitrogens with zero attached hydrogens (tertiary/aromatic N) is 1. The van der Waals surface area contributed by atoms with Crippen LogP contribution in [0.3, 0.4) is 0 Å². The van der Waals surface area contributed by atoms with Crippen molar-refractivity contribution in [2.45, 2.75) is 0 Å². The molecule has 1 heterocycles. The number of thiophene rings is 1. The van der Waals surface area contributed by atoms with E-state index in [2.05, 4.69) is 10.7 Å². The van der Waals surface area contributed by atoms with Gasteiger partial charge in [0.05, 0.1) is 18.2 Å². The number of carbonyl (C=O) groups is 2. The molecule has 0 aliphatic heterocycles. The third kappa shape index (κ3) is 3.68. The van der Waals surface area contributed by atoms with Gasteiger partial charge in [-0.05, 0) is 34.4 Å². The van der Waals surface area contributed by atoms with E-state index >= 15 is 0 Å². The highest BCUT2D eigenvalue weighted by atomic mass is 32.1. The van der Waals surface area contributed by atoms with Gasteiger partial charge in [0, 0.05) is 14.1 Å². The third-order valence-corrected chi connectivity index (χ3v) is 4.60. The van der Waals surface area contributed by atoms with E-state index in [0.717, 1.165) is 10.8 Å². The van der Waals surface area contributed by atoms with Crippen LogP contribution in [0, 0.1) is 0 Å². The first-order valence-corrected chi connectivity index (χ1v) is 8.81. The molecule has 2 aromatic carbocycles. The number of amides is 2. The van der Waals surface area contributed by atoms with Gasteiger partial charge in [-0.3, -0.25) is 15.0 Å². The van der Waals surface area contributed by atoms with Crippen LogP contribution in [0.2, 0.25) is 0 Å². The molecule has 2 N–H and O–H groups in total. The summed E-state index contributed by atoms with van der Waals surface area (Å²) >= 11 is 1.29. The van der Waals surface area contributed by atoms with E-state index in [4.69, 9.17) is 4.74 Å². The van der Waals surface area contributed by atoms with E-state index in [1.165, 1.54) is 18.4 Å². The second-order valence-electron chi connectivity index (χ2n) is 5.85. The van der Waals surface area contributed by atoms with Crippen molar-refractivity contribution in [3.05, 3.63) is 59.0 Å². The van der Waals surface area contributed by atoms with Gasteiger partial charge in [-0.1, -0.05) is 24.3 Å². The van der Waals surface area contributed by atoms with E-state index in [1.54, 1.807) is 36.6 Å². The fraction of sp³-hybridized carbons (Fsp3) is 0.158. The quantitative estimate of drug-likeness (QED) is 0.677. The number of fused-ring (bicyclic) bond motifs is 1. The first-order valence-electron chi connectivity index (χ1n) is 7.93. The molecule has 0 atom stereocenters. The van der Waals surface area contributed by atoms with Crippen LogP contribution < -0.4 is 15.5 Å². The second-order valence-corrected chi connectivity index (χ2v) is 6.77. The number of carbonyl (C=O) groups excluding carboxylic acids is 2. The van der Waals surface area contributed by atoms with Crippen molar-refractivity contribution in [3.8, 4) is 5.75 Å². The van der Waals surface area contributed by atoms with Crippen LogP contribution in [0.4, 0.5) is 5.00 Å². The molecule has 2 amide bonds. The summed E-state index contributed by atoms with van der Waals surface area (Å²) in [5.41, 5.74) is 3.50. The summed E-state index contributed by atoms with van der Waals surface area (Å²) in [6, 6.07) is 13.0. The molecule has 0 unspecified atom stereocenters. The van der Waals surface area contributed by atoms with Crippen molar-refractivity contribution in [1.82, 2.24) is 10.4 Å². The largest absolute Gasteiger partial charge is 0.496 e. The number of ether oxygens (including phenoxy) is 1. The smallest absolute Gasteiger partial charge is 0.268 e. The van der Waals surface area contributed by atoms with Crippen LogP contribution >= 0.6 is 11.3 Å². The van der Waals surface area contributed by atoms with Crippen LogP contribution in [-0.4, -0.2) is 38.0 Å². The lowest BCUT2D eigenvalue weighted by Gasteiger charge is -2.13. The molecule has 1 aromatic heterocycles.